The lowest BCUT2D eigenvalue weighted by Crippen LogP contribution is -2.22. The highest BCUT2D eigenvalue weighted by atomic mass is 16.5. The molecule has 0 radical (unpaired) electrons. The van der Waals surface area contributed by atoms with Crippen molar-refractivity contribution in [2.45, 2.75) is 32.1 Å². The maximum atomic E-state index is 9.78. The van der Waals surface area contributed by atoms with Gasteiger partial charge in [-0.25, -0.2) is 4.98 Å². The maximum absolute atomic E-state index is 9.78. The number of aromatic nitrogens is 1. The Hall–Kier alpha value is -2.94. The average molecular weight is 354 g/mol. The number of nitrogens with zero attached hydrogens (tertiary/aromatic N) is 1. The van der Waals surface area contributed by atoms with Crippen molar-refractivity contribution in [2.24, 2.45) is 0 Å². The van der Waals surface area contributed by atoms with Gasteiger partial charge in [-0.15, -0.1) is 0 Å². The van der Waals surface area contributed by atoms with E-state index in [1.807, 2.05) is 12.1 Å². The van der Waals surface area contributed by atoms with E-state index in [-0.39, 0.29) is 0 Å². The van der Waals surface area contributed by atoms with Crippen LogP contribution < -0.4 is 24.9 Å². The van der Waals surface area contributed by atoms with Gasteiger partial charge < -0.3 is 14.2 Å². The second kappa shape index (κ2) is 7.52. The van der Waals surface area contributed by atoms with Crippen LogP contribution in [0.1, 0.15) is 36.1 Å². The summed E-state index contributed by atoms with van der Waals surface area (Å²) in [6.45, 7) is 0. The fourth-order valence-corrected chi connectivity index (χ4v) is 3.72. The number of H-pyrrole nitrogens is 1. The van der Waals surface area contributed by atoms with E-state index >= 15 is 0 Å². The zero-order valence-corrected chi connectivity index (χ0v) is 15.4. The highest BCUT2D eigenvalue weighted by Gasteiger charge is 2.28. The summed E-state index contributed by atoms with van der Waals surface area (Å²) in [4.78, 5) is 3.24. The van der Waals surface area contributed by atoms with E-state index in [2.05, 4.69) is 11.1 Å². The molecule has 3 N–H and O–H groups in total. The predicted molar refractivity (Wildman–Crippen MR) is 98.5 cm³/mol. The molecule has 26 heavy (non-hydrogen) atoms. The molecule has 0 saturated heterocycles. The van der Waals surface area contributed by atoms with Crippen LogP contribution in [0, 0.1) is 11.3 Å². The Morgan fingerprint density at radius 2 is 1.73 bits per heavy atom. The van der Waals surface area contributed by atoms with Crippen molar-refractivity contribution in [2.75, 3.05) is 27.1 Å². The molecule has 0 fully saturated rings. The largest absolute Gasteiger partial charge is 0.493 e. The number of rotatable bonds is 4. The first-order chi connectivity index (χ1) is 12.7. The number of hydrogen-bond donors (Lipinski definition) is 1. The Balaban J connectivity index is 2.37. The summed E-state index contributed by atoms with van der Waals surface area (Å²) in [5, 5.41) is 9.78. The van der Waals surface area contributed by atoms with E-state index in [1.165, 1.54) is 0 Å². The van der Waals surface area contributed by atoms with Crippen LogP contribution in [0.25, 0.3) is 11.1 Å². The highest BCUT2D eigenvalue weighted by Crippen LogP contribution is 2.47. The first kappa shape index (κ1) is 17.9. The van der Waals surface area contributed by atoms with E-state index in [1.54, 1.807) is 21.3 Å². The van der Waals surface area contributed by atoms with Gasteiger partial charge in [0.25, 0.3) is 5.82 Å². The normalized spacial score (nSPS) is 13.3. The zero-order valence-electron chi connectivity index (χ0n) is 15.4. The van der Waals surface area contributed by atoms with Crippen LogP contribution in [0.4, 0.5) is 5.82 Å². The third kappa shape index (κ3) is 2.90. The fraction of sp³-hybridized carbons (Fsp3) is 0.400. The minimum atomic E-state index is 0.389. The van der Waals surface area contributed by atoms with Crippen molar-refractivity contribution in [3.8, 4) is 34.4 Å². The van der Waals surface area contributed by atoms with Crippen molar-refractivity contribution in [3.63, 3.8) is 0 Å². The molecule has 0 atom stereocenters. The molecule has 0 saturated carbocycles. The summed E-state index contributed by atoms with van der Waals surface area (Å²) in [6.07, 6.45) is 5.17. The molecule has 0 aliphatic heterocycles. The average Bonchev–Trinajstić information content (AvgIpc) is 2.90. The summed E-state index contributed by atoms with van der Waals surface area (Å²) in [6, 6.07) is 6.00. The lowest BCUT2D eigenvalue weighted by Gasteiger charge is -2.19. The molecule has 136 valence electrons. The van der Waals surface area contributed by atoms with Gasteiger partial charge in [-0.1, -0.05) is 6.42 Å². The number of ether oxygens (including phenoxy) is 3. The number of nitrogens with two attached hydrogens (primary N) is 1. The second-order valence-corrected chi connectivity index (χ2v) is 6.30. The Morgan fingerprint density at radius 1 is 1.00 bits per heavy atom. The van der Waals surface area contributed by atoms with Gasteiger partial charge in [-0.2, -0.15) is 5.26 Å². The van der Waals surface area contributed by atoms with Gasteiger partial charge in [0.05, 0.1) is 21.3 Å². The summed E-state index contributed by atoms with van der Waals surface area (Å²) in [7, 11) is 4.74. The van der Waals surface area contributed by atoms with Crippen molar-refractivity contribution in [1.82, 2.24) is 0 Å². The van der Waals surface area contributed by atoms with Crippen molar-refractivity contribution in [1.29, 1.82) is 5.26 Å². The van der Waals surface area contributed by atoms with Crippen LogP contribution in [0.15, 0.2) is 12.1 Å². The van der Waals surface area contributed by atoms with Crippen LogP contribution in [-0.2, 0) is 12.8 Å². The SMILES string of the molecule is COc1ccc(-c2c(C#N)c(N)[nH+]c3c2CCCCC3)c(OC)c1OC. The number of methoxy groups -OCH3 is 3. The molecular weight excluding hydrogens is 330 g/mol. The summed E-state index contributed by atoms with van der Waals surface area (Å²) in [5.74, 6) is 2.01. The third-order valence-electron chi connectivity index (χ3n) is 4.91. The smallest absolute Gasteiger partial charge is 0.289 e. The van der Waals surface area contributed by atoms with Gasteiger partial charge in [0.1, 0.15) is 17.3 Å². The predicted octanol–water partition coefficient (Wildman–Crippen LogP) is 2.92. The van der Waals surface area contributed by atoms with Gasteiger partial charge >= 0.3 is 0 Å². The van der Waals surface area contributed by atoms with E-state index < -0.39 is 0 Å². The number of fused-ring (bicyclic) bond motifs is 1. The van der Waals surface area contributed by atoms with Gasteiger partial charge in [0.15, 0.2) is 11.5 Å². The van der Waals surface area contributed by atoms with Crippen LogP contribution in [0.2, 0.25) is 0 Å². The third-order valence-corrected chi connectivity index (χ3v) is 4.91. The van der Waals surface area contributed by atoms with Crippen LogP contribution in [0.3, 0.4) is 0 Å². The Labute approximate surface area is 153 Å². The molecule has 0 spiro atoms. The van der Waals surface area contributed by atoms with E-state index in [0.29, 0.717) is 28.6 Å². The number of hydrogen-bond acceptors (Lipinski definition) is 5. The molecule has 1 aromatic heterocycles. The Morgan fingerprint density at radius 3 is 2.38 bits per heavy atom. The molecule has 6 heteroatoms. The first-order valence-corrected chi connectivity index (χ1v) is 8.72. The number of aryl methyl sites for hydroxylation is 1. The molecule has 1 aliphatic carbocycles. The minimum absolute atomic E-state index is 0.389. The number of anilines is 1. The Kier molecular flexibility index (Phi) is 5.17. The molecule has 6 nitrogen and oxygen atoms in total. The molecule has 2 aromatic rings. The fourth-order valence-electron chi connectivity index (χ4n) is 3.72. The monoisotopic (exact) mass is 354 g/mol. The minimum Gasteiger partial charge on any atom is -0.493 e. The van der Waals surface area contributed by atoms with Crippen molar-refractivity contribution in [3.05, 3.63) is 29.0 Å². The summed E-state index contributed by atoms with van der Waals surface area (Å²) < 4.78 is 16.6. The number of nitrogen functional groups attached to an aromatic ring is 1. The zero-order chi connectivity index (χ0) is 18.7. The molecule has 0 unspecified atom stereocenters. The maximum Gasteiger partial charge on any atom is 0.289 e. The highest BCUT2D eigenvalue weighted by molar-refractivity contribution is 5.84. The van der Waals surface area contributed by atoms with E-state index in [9.17, 15) is 5.26 Å². The number of benzene rings is 1. The number of nitriles is 1. The number of aromatic amines is 1. The van der Waals surface area contributed by atoms with Crippen LogP contribution in [0.5, 0.6) is 17.2 Å². The lowest BCUT2D eigenvalue weighted by atomic mass is 9.91. The van der Waals surface area contributed by atoms with Crippen LogP contribution in [-0.4, -0.2) is 21.3 Å². The van der Waals surface area contributed by atoms with Gasteiger partial charge in [-0.3, -0.25) is 5.73 Å². The van der Waals surface area contributed by atoms with Gasteiger partial charge in [0.2, 0.25) is 5.75 Å². The molecule has 3 rings (SSSR count). The van der Waals surface area contributed by atoms with E-state index in [0.717, 1.165) is 54.5 Å². The van der Waals surface area contributed by atoms with Gasteiger partial charge in [-0.05, 0) is 31.4 Å². The molecule has 1 heterocycles. The topological polar surface area (TPSA) is 91.6 Å². The molecular formula is C20H24N3O3+. The summed E-state index contributed by atoms with van der Waals surface area (Å²) >= 11 is 0. The van der Waals surface area contributed by atoms with Gasteiger partial charge in [0, 0.05) is 23.1 Å². The lowest BCUT2D eigenvalue weighted by molar-refractivity contribution is -0.373. The second-order valence-electron chi connectivity index (χ2n) is 6.30. The molecule has 0 amide bonds. The van der Waals surface area contributed by atoms with Crippen molar-refractivity contribution < 1.29 is 19.2 Å². The van der Waals surface area contributed by atoms with Crippen LogP contribution >= 0.6 is 0 Å². The van der Waals surface area contributed by atoms with Crippen molar-refractivity contribution >= 4 is 5.82 Å². The summed E-state index contributed by atoms with van der Waals surface area (Å²) in [5.41, 5.74) is 10.5. The van der Waals surface area contributed by atoms with E-state index in [4.69, 9.17) is 19.9 Å². The Bertz CT molecular complexity index is 872. The number of nitrogens with one attached hydrogen (secondary N) is 1. The standard InChI is InChI=1S/C20H23N3O3/c1-24-16-10-9-13(18(25-2)19(16)26-3)17-12-7-5-4-6-8-15(12)23-20(22)14(17)11-21/h9-10H,4-8H2,1-3H3,(H2,22,23)/p+1. The molecule has 1 aromatic carbocycles. The number of pyridine rings is 1. The molecule has 0 bridgehead atoms. The molecule has 1 aliphatic rings. The first-order valence-electron chi connectivity index (χ1n) is 8.72. The quantitative estimate of drug-likeness (QED) is 0.852.